The van der Waals surface area contributed by atoms with E-state index in [4.69, 9.17) is 0 Å². The van der Waals surface area contributed by atoms with Gasteiger partial charge in [-0.2, -0.15) is 0 Å². The third-order valence-electron chi connectivity index (χ3n) is 3.04. The zero-order valence-corrected chi connectivity index (χ0v) is 11.8. The van der Waals surface area contributed by atoms with Crippen LogP contribution in [0.3, 0.4) is 0 Å². The summed E-state index contributed by atoms with van der Waals surface area (Å²) < 4.78 is 0. The highest BCUT2D eigenvalue weighted by atomic mass is 16.1. The fraction of sp³-hybridized carbons (Fsp3) is 0.250. The van der Waals surface area contributed by atoms with Crippen molar-refractivity contribution >= 4 is 11.7 Å². The molecule has 0 fully saturated rings. The number of nitrogens with one attached hydrogen (secondary N) is 2. The Labute approximate surface area is 119 Å². The number of nitrogens with zero attached hydrogens (tertiary/aromatic N) is 1. The number of anilines is 1. The van der Waals surface area contributed by atoms with Gasteiger partial charge in [-0.3, -0.25) is 4.79 Å². The van der Waals surface area contributed by atoms with Gasteiger partial charge >= 0.3 is 0 Å². The maximum atomic E-state index is 12.1. The smallest absolute Gasteiger partial charge is 0.251 e. The molecule has 2 aromatic rings. The number of rotatable bonds is 5. The summed E-state index contributed by atoms with van der Waals surface area (Å²) in [6.07, 6.45) is 2.44. The Morgan fingerprint density at radius 1 is 1.25 bits per heavy atom. The van der Waals surface area contributed by atoms with Gasteiger partial charge in [-0.25, -0.2) is 4.98 Å². The number of aromatic nitrogens is 1. The van der Waals surface area contributed by atoms with Crippen LogP contribution in [-0.2, 0) is 6.42 Å². The van der Waals surface area contributed by atoms with E-state index in [0.29, 0.717) is 11.4 Å². The van der Waals surface area contributed by atoms with Crippen molar-refractivity contribution in [2.24, 2.45) is 0 Å². The molecule has 1 amide bonds. The summed E-state index contributed by atoms with van der Waals surface area (Å²) in [5.41, 5.74) is 1.83. The van der Waals surface area contributed by atoms with Gasteiger partial charge in [0, 0.05) is 24.8 Å². The first kappa shape index (κ1) is 14.1. The van der Waals surface area contributed by atoms with Crippen molar-refractivity contribution in [1.29, 1.82) is 0 Å². The second kappa shape index (κ2) is 6.70. The first-order chi connectivity index (χ1) is 9.69. The maximum absolute atomic E-state index is 12.1. The van der Waals surface area contributed by atoms with Gasteiger partial charge < -0.3 is 10.6 Å². The first-order valence-corrected chi connectivity index (χ1v) is 6.67. The Hall–Kier alpha value is -2.36. The van der Waals surface area contributed by atoms with Crippen LogP contribution in [0.5, 0.6) is 0 Å². The molecule has 1 aromatic carbocycles. The normalized spacial score (nSPS) is 11.7. The second-order valence-corrected chi connectivity index (χ2v) is 4.74. The molecule has 2 rings (SSSR count). The lowest BCUT2D eigenvalue weighted by Crippen LogP contribution is -2.34. The summed E-state index contributed by atoms with van der Waals surface area (Å²) in [6.45, 7) is 2.01. The summed E-state index contributed by atoms with van der Waals surface area (Å²) in [7, 11) is 1.78. The van der Waals surface area contributed by atoms with Crippen LogP contribution in [0.25, 0.3) is 0 Å². The molecule has 4 nitrogen and oxygen atoms in total. The van der Waals surface area contributed by atoms with E-state index in [1.807, 2.05) is 25.1 Å². The molecule has 20 heavy (non-hydrogen) atoms. The quantitative estimate of drug-likeness (QED) is 0.876. The Balaban J connectivity index is 1.96. The third kappa shape index (κ3) is 3.82. The zero-order valence-electron chi connectivity index (χ0n) is 11.8. The van der Waals surface area contributed by atoms with Crippen molar-refractivity contribution < 1.29 is 4.79 Å². The van der Waals surface area contributed by atoms with Crippen molar-refractivity contribution in [3.63, 3.8) is 0 Å². The zero-order chi connectivity index (χ0) is 14.4. The van der Waals surface area contributed by atoms with E-state index in [1.165, 1.54) is 5.56 Å². The van der Waals surface area contributed by atoms with Crippen LogP contribution < -0.4 is 10.6 Å². The van der Waals surface area contributed by atoms with E-state index in [-0.39, 0.29) is 11.9 Å². The summed E-state index contributed by atoms with van der Waals surface area (Å²) in [5, 5.41) is 5.93. The molecule has 1 unspecified atom stereocenters. The number of hydrogen-bond donors (Lipinski definition) is 2. The van der Waals surface area contributed by atoms with E-state index >= 15 is 0 Å². The highest BCUT2D eigenvalue weighted by Crippen LogP contribution is 2.07. The lowest BCUT2D eigenvalue weighted by molar-refractivity contribution is 0.0940. The van der Waals surface area contributed by atoms with Gasteiger partial charge in [-0.1, -0.05) is 30.3 Å². The Morgan fingerprint density at radius 2 is 2.00 bits per heavy atom. The molecule has 0 aliphatic carbocycles. The molecule has 0 saturated heterocycles. The molecular formula is C16H19N3O. The lowest BCUT2D eigenvalue weighted by atomic mass is 10.1. The van der Waals surface area contributed by atoms with Crippen LogP contribution in [-0.4, -0.2) is 24.0 Å². The fourth-order valence-corrected chi connectivity index (χ4v) is 2.03. The van der Waals surface area contributed by atoms with Crippen molar-refractivity contribution in [3.05, 3.63) is 59.8 Å². The molecule has 0 saturated carbocycles. The van der Waals surface area contributed by atoms with E-state index < -0.39 is 0 Å². The number of pyridine rings is 1. The molecule has 0 radical (unpaired) electrons. The molecule has 2 N–H and O–H groups in total. The molecule has 4 heteroatoms. The van der Waals surface area contributed by atoms with Crippen molar-refractivity contribution in [3.8, 4) is 0 Å². The van der Waals surface area contributed by atoms with Gasteiger partial charge in [-0.05, 0) is 31.0 Å². The minimum atomic E-state index is -0.0765. The summed E-state index contributed by atoms with van der Waals surface area (Å²) >= 11 is 0. The van der Waals surface area contributed by atoms with Crippen LogP contribution in [0, 0.1) is 0 Å². The number of benzene rings is 1. The van der Waals surface area contributed by atoms with Gasteiger partial charge in [-0.15, -0.1) is 0 Å². The minimum absolute atomic E-state index is 0.0765. The SMILES string of the molecule is CNc1cc(C(=O)NC(C)Cc2ccccc2)ccn1. The standard InChI is InChI=1S/C16H19N3O/c1-12(10-13-6-4-3-5-7-13)19-16(20)14-8-9-18-15(11-14)17-2/h3-9,11-12H,10H2,1-2H3,(H,17,18)(H,19,20). The van der Waals surface area contributed by atoms with Crippen molar-refractivity contribution in [2.45, 2.75) is 19.4 Å². The van der Waals surface area contributed by atoms with Crippen LogP contribution >= 0.6 is 0 Å². The predicted molar refractivity (Wildman–Crippen MR) is 80.9 cm³/mol. The van der Waals surface area contributed by atoms with Crippen LogP contribution in [0.15, 0.2) is 48.7 Å². The number of hydrogen-bond acceptors (Lipinski definition) is 3. The van der Waals surface area contributed by atoms with Crippen LogP contribution in [0.2, 0.25) is 0 Å². The summed E-state index contributed by atoms with van der Waals surface area (Å²) in [4.78, 5) is 16.2. The fourth-order valence-electron chi connectivity index (χ4n) is 2.03. The van der Waals surface area contributed by atoms with Gasteiger partial charge in [0.1, 0.15) is 5.82 Å². The predicted octanol–water partition coefficient (Wildman–Crippen LogP) is 2.48. The number of carbonyl (C=O) groups is 1. The molecule has 0 aliphatic rings. The molecule has 1 heterocycles. The van der Waals surface area contributed by atoms with E-state index in [1.54, 1.807) is 25.4 Å². The van der Waals surface area contributed by atoms with E-state index in [0.717, 1.165) is 6.42 Å². The van der Waals surface area contributed by atoms with Gasteiger partial charge in [0.05, 0.1) is 0 Å². The second-order valence-electron chi connectivity index (χ2n) is 4.74. The molecule has 1 atom stereocenters. The first-order valence-electron chi connectivity index (χ1n) is 6.67. The molecule has 104 valence electrons. The monoisotopic (exact) mass is 269 g/mol. The molecule has 1 aromatic heterocycles. The lowest BCUT2D eigenvalue weighted by Gasteiger charge is -2.14. The highest BCUT2D eigenvalue weighted by Gasteiger charge is 2.10. The largest absolute Gasteiger partial charge is 0.373 e. The number of amides is 1. The Kier molecular flexibility index (Phi) is 4.71. The molecule has 0 aliphatic heterocycles. The molecule has 0 spiro atoms. The Morgan fingerprint density at radius 3 is 2.70 bits per heavy atom. The van der Waals surface area contributed by atoms with Crippen LogP contribution in [0.4, 0.5) is 5.82 Å². The Bertz CT molecular complexity index is 569. The average Bonchev–Trinajstić information content (AvgIpc) is 2.48. The van der Waals surface area contributed by atoms with Crippen LogP contribution in [0.1, 0.15) is 22.8 Å². The third-order valence-corrected chi connectivity index (χ3v) is 3.04. The number of carbonyl (C=O) groups excluding carboxylic acids is 1. The molecule has 0 bridgehead atoms. The maximum Gasteiger partial charge on any atom is 0.251 e. The molecular weight excluding hydrogens is 250 g/mol. The highest BCUT2D eigenvalue weighted by molar-refractivity contribution is 5.94. The van der Waals surface area contributed by atoms with Gasteiger partial charge in [0.15, 0.2) is 0 Å². The van der Waals surface area contributed by atoms with Crippen molar-refractivity contribution in [1.82, 2.24) is 10.3 Å². The van der Waals surface area contributed by atoms with Gasteiger partial charge in [0.2, 0.25) is 0 Å². The van der Waals surface area contributed by atoms with Gasteiger partial charge in [0.25, 0.3) is 5.91 Å². The topological polar surface area (TPSA) is 54.0 Å². The minimum Gasteiger partial charge on any atom is -0.373 e. The van der Waals surface area contributed by atoms with Crippen molar-refractivity contribution in [2.75, 3.05) is 12.4 Å². The van der Waals surface area contributed by atoms with E-state index in [2.05, 4.69) is 27.8 Å². The average molecular weight is 269 g/mol. The summed E-state index contributed by atoms with van der Waals surface area (Å²) in [6, 6.07) is 13.7. The van der Waals surface area contributed by atoms with E-state index in [9.17, 15) is 4.79 Å². The summed E-state index contributed by atoms with van der Waals surface area (Å²) in [5.74, 6) is 0.612.